The fourth-order valence-electron chi connectivity index (χ4n) is 3.69. The number of carboxylic acids is 1. The Labute approximate surface area is 193 Å². The molecule has 0 saturated heterocycles. The highest BCUT2D eigenvalue weighted by atomic mass is 19.3. The number of ether oxygens (including phenoxy) is 1. The lowest BCUT2D eigenvalue weighted by molar-refractivity contribution is -0.139. The van der Waals surface area contributed by atoms with E-state index < -0.39 is 55.9 Å². The summed E-state index contributed by atoms with van der Waals surface area (Å²) in [5.74, 6) is -3.39. The second-order valence-corrected chi connectivity index (χ2v) is 7.56. The van der Waals surface area contributed by atoms with E-state index >= 15 is 0 Å². The van der Waals surface area contributed by atoms with E-state index in [0.29, 0.717) is 0 Å². The van der Waals surface area contributed by atoms with Gasteiger partial charge in [0.25, 0.3) is 6.43 Å². The molecular formula is C23H23F2N3O6. The molecule has 180 valence electrons. The predicted molar refractivity (Wildman–Crippen MR) is 116 cm³/mol. The Balaban J connectivity index is 1.42. The van der Waals surface area contributed by atoms with Crippen molar-refractivity contribution in [3.63, 3.8) is 0 Å². The van der Waals surface area contributed by atoms with Gasteiger partial charge in [0.05, 0.1) is 13.0 Å². The molecule has 0 bridgehead atoms. The minimum absolute atomic E-state index is 0.0580. The van der Waals surface area contributed by atoms with Crippen LogP contribution in [0, 0.1) is 0 Å². The molecule has 34 heavy (non-hydrogen) atoms. The maximum absolute atomic E-state index is 12.8. The van der Waals surface area contributed by atoms with E-state index in [2.05, 4.69) is 10.6 Å². The monoisotopic (exact) mass is 475 g/mol. The van der Waals surface area contributed by atoms with Gasteiger partial charge in [0.1, 0.15) is 19.2 Å². The van der Waals surface area contributed by atoms with Gasteiger partial charge in [0.15, 0.2) is 0 Å². The lowest BCUT2D eigenvalue weighted by atomic mass is 9.98. The second kappa shape index (κ2) is 11.2. The molecule has 1 aliphatic rings. The molecule has 1 atom stereocenters. The van der Waals surface area contributed by atoms with Crippen molar-refractivity contribution >= 4 is 23.9 Å². The zero-order valence-electron chi connectivity index (χ0n) is 17.9. The highest BCUT2D eigenvalue weighted by Crippen LogP contribution is 2.44. The van der Waals surface area contributed by atoms with Crippen LogP contribution in [0.1, 0.15) is 23.5 Å². The standard InChI is InChI=1S/C23H23F2N3O6/c24-22(25)18(9-21(31)32)28-20(30)11-26-19(29)10-27-23(33)34-12-17-15-7-3-1-5-13(15)14-6-2-4-8-16(14)17/h1-8,17-18,22H,9-12H2,(H,26,29)(H,27,33)(H,28,30)(H,31,32). The summed E-state index contributed by atoms with van der Waals surface area (Å²) in [5, 5.41) is 14.8. The first-order chi connectivity index (χ1) is 16.3. The Morgan fingerprint density at radius 3 is 2.00 bits per heavy atom. The molecule has 11 heteroatoms. The highest BCUT2D eigenvalue weighted by molar-refractivity contribution is 5.87. The Morgan fingerprint density at radius 2 is 1.44 bits per heavy atom. The van der Waals surface area contributed by atoms with E-state index in [1.165, 1.54) is 0 Å². The number of amides is 3. The molecule has 0 heterocycles. The van der Waals surface area contributed by atoms with Crippen molar-refractivity contribution in [2.45, 2.75) is 24.8 Å². The maximum atomic E-state index is 12.8. The van der Waals surface area contributed by atoms with Crippen LogP contribution < -0.4 is 16.0 Å². The van der Waals surface area contributed by atoms with E-state index in [0.717, 1.165) is 22.3 Å². The quantitative estimate of drug-likeness (QED) is 0.415. The third-order valence-corrected chi connectivity index (χ3v) is 5.23. The second-order valence-electron chi connectivity index (χ2n) is 7.56. The third kappa shape index (κ3) is 6.27. The Hall–Kier alpha value is -4.02. The number of aliphatic carboxylic acids is 1. The molecule has 4 N–H and O–H groups in total. The number of hydrogen-bond donors (Lipinski definition) is 4. The number of carbonyl (C=O) groups excluding carboxylic acids is 3. The number of carbonyl (C=O) groups is 4. The summed E-state index contributed by atoms with van der Waals surface area (Å²) >= 11 is 0. The zero-order valence-corrected chi connectivity index (χ0v) is 17.9. The van der Waals surface area contributed by atoms with Crippen molar-refractivity contribution < 1.29 is 37.8 Å². The van der Waals surface area contributed by atoms with Gasteiger partial charge in [-0.15, -0.1) is 0 Å². The van der Waals surface area contributed by atoms with Crippen LogP contribution in [0.4, 0.5) is 13.6 Å². The van der Waals surface area contributed by atoms with Crippen LogP contribution in [0.15, 0.2) is 48.5 Å². The number of nitrogens with one attached hydrogen (secondary N) is 3. The Bertz CT molecular complexity index is 1030. The molecular weight excluding hydrogens is 452 g/mol. The van der Waals surface area contributed by atoms with E-state index in [1.807, 2.05) is 53.8 Å². The summed E-state index contributed by atoms with van der Waals surface area (Å²) < 4.78 is 30.8. The number of hydrogen-bond acceptors (Lipinski definition) is 5. The summed E-state index contributed by atoms with van der Waals surface area (Å²) in [6.45, 7) is -1.10. The number of rotatable bonds is 10. The fourth-order valence-corrected chi connectivity index (χ4v) is 3.69. The van der Waals surface area contributed by atoms with Crippen LogP contribution in [0.3, 0.4) is 0 Å². The predicted octanol–water partition coefficient (Wildman–Crippen LogP) is 1.87. The molecule has 3 amide bonds. The summed E-state index contributed by atoms with van der Waals surface area (Å²) in [5.41, 5.74) is 4.21. The van der Waals surface area contributed by atoms with Crippen LogP contribution in [0.2, 0.25) is 0 Å². The Morgan fingerprint density at radius 1 is 0.882 bits per heavy atom. The first-order valence-corrected chi connectivity index (χ1v) is 10.4. The van der Waals surface area contributed by atoms with Crippen molar-refractivity contribution in [2.75, 3.05) is 19.7 Å². The van der Waals surface area contributed by atoms with Crippen molar-refractivity contribution in [3.8, 4) is 11.1 Å². The lowest BCUT2D eigenvalue weighted by Gasteiger charge is -2.16. The number of alkyl halides is 2. The summed E-state index contributed by atoms with van der Waals surface area (Å²) in [6.07, 6.45) is -4.87. The minimum atomic E-state index is -3.08. The van der Waals surface area contributed by atoms with Crippen LogP contribution in [-0.2, 0) is 19.1 Å². The number of halogens is 2. The highest BCUT2D eigenvalue weighted by Gasteiger charge is 2.29. The van der Waals surface area contributed by atoms with E-state index in [-0.39, 0.29) is 12.5 Å². The normalized spacial score (nSPS) is 12.9. The van der Waals surface area contributed by atoms with Crippen LogP contribution in [0.25, 0.3) is 11.1 Å². The average Bonchev–Trinajstić information content (AvgIpc) is 3.13. The van der Waals surface area contributed by atoms with Gasteiger partial charge in [-0.25, -0.2) is 13.6 Å². The topological polar surface area (TPSA) is 134 Å². The minimum Gasteiger partial charge on any atom is -0.481 e. The maximum Gasteiger partial charge on any atom is 0.407 e. The molecule has 9 nitrogen and oxygen atoms in total. The van der Waals surface area contributed by atoms with Gasteiger partial charge in [-0.2, -0.15) is 0 Å². The molecule has 2 aromatic rings. The summed E-state index contributed by atoms with van der Waals surface area (Å²) in [6, 6.07) is 13.7. The van der Waals surface area contributed by atoms with Crippen molar-refractivity contribution in [2.24, 2.45) is 0 Å². The average molecular weight is 475 g/mol. The number of carboxylic acid groups (broad SMARTS) is 1. The van der Waals surface area contributed by atoms with Crippen molar-refractivity contribution in [3.05, 3.63) is 59.7 Å². The zero-order chi connectivity index (χ0) is 24.7. The van der Waals surface area contributed by atoms with Gasteiger partial charge < -0.3 is 25.8 Å². The number of alkyl carbamates (subject to hydrolysis) is 1. The van der Waals surface area contributed by atoms with Gasteiger partial charge in [0, 0.05) is 5.92 Å². The molecule has 1 aliphatic carbocycles. The molecule has 2 aromatic carbocycles. The van der Waals surface area contributed by atoms with E-state index in [4.69, 9.17) is 9.84 Å². The SMILES string of the molecule is O=C(O)CC(NC(=O)CNC(=O)CNC(=O)OCC1c2ccccc2-c2ccccc21)C(F)F. The fraction of sp³-hybridized carbons (Fsp3) is 0.304. The van der Waals surface area contributed by atoms with Gasteiger partial charge in [-0.3, -0.25) is 14.4 Å². The van der Waals surface area contributed by atoms with Gasteiger partial charge in [-0.1, -0.05) is 48.5 Å². The van der Waals surface area contributed by atoms with E-state index in [9.17, 15) is 28.0 Å². The molecule has 3 rings (SSSR count). The Kier molecular flexibility index (Phi) is 8.12. The lowest BCUT2D eigenvalue weighted by Crippen LogP contribution is -2.47. The summed E-state index contributed by atoms with van der Waals surface area (Å²) in [7, 11) is 0. The van der Waals surface area contributed by atoms with Gasteiger partial charge >= 0.3 is 12.1 Å². The third-order valence-electron chi connectivity index (χ3n) is 5.23. The van der Waals surface area contributed by atoms with Crippen LogP contribution in [0.5, 0.6) is 0 Å². The van der Waals surface area contributed by atoms with Crippen molar-refractivity contribution in [1.82, 2.24) is 16.0 Å². The number of benzene rings is 2. The van der Waals surface area contributed by atoms with Gasteiger partial charge in [-0.05, 0) is 22.3 Å². The molecule has 0 aliphatic heterocycles. The molecule has 0 saturated carbocycles. The largest absolute Gasteiger partial charge is 0.481 e. The summed E-state index contributed by atoms with van der Waals surface area (Å²) in [4.78, 5) is 46.1. The van der Waals surface area contributed by atoms with Gasteiger partial charge in [0.2, 0.25) is 11.8 Å². The van der Waals surface area contributed by atoms with Crippen molar-refractivity contribution in [1.29, 1.82) is 0 Å². The molecule has 0 aromatic heterocycles. The van der Waals surface area contributed by atoms with Crippen LogP contribution >= 0.6 is 0 Å². The first-order valence-electron chi connectivity index (χ1n) is 10.4. The first kappa shape index (κ1) is 24.6. The van der Waals surface area contributed by atoms with E-state index in [1.54, 1.807) is 0 Å². The molecule has 0 fully saturated rings. The molecule has 0 spiro atoms. The smallest absolute Gasteiger partial charge is 0.407 e. The number of fused-ring (bicyclic) bond motifs is 3. The molecule has 0 radical (unpaired) electrons. The molecule has 1 unspecified atom stereocenters. The van der Waals surface area contributed by atoms with Crippen LogP contribution in [-0.4, -0.2) is 61.1 Å².